The van der Waals surface area contributed by atoms with Gasteiger partial charge in [-0.15, -0.1) is 0 Å². The van der Waals surface area contributed by atoms with Crippen molar-refractivity contribution in [2.45, 2.75) is 0 Å². The van der Waals surface area contributed by atoms with E-state index in [0.29, 0.717) is 0 Å². The molecule has 4 nitrogen and oxygen atoms in total. The summed E-state index contributed by atoms with van der Waals surface area (Å²) >= 11 is 0. The fourth-order valence-electron chi connectivity index (χ4n) is 6.49. The Labute approximate surface area is 317 Å². The molecule has 0 unspecified atom stereocenters. The monoisotopic (exact) mass is 695 g/mol. The molecule has 0 atom stereocenters. The largest absolute Gasteiger partial charge is 0.311 e. The van der Waals surface area contributed by atoms with E-state index in [1.54, 1.807) is 0 Å². The number of aromatic nitrogens is 2. The van der Waals surface area contributed by atoms with Crippen LogP contribution in [0, 0.1) is 0 Å². The minimum atomic E-state index is 0.885. The van der Waals surface area contributed by atoms with Crippen LogP contribution >= 0.6 is 0 Å². The second-order valence-corrected chi connectivity index (χ2v) is 12.9. The van der Waals surface area contributed by atoms with E-state index in [-0.39, 0.29) is 0 Å². The van der Waals surface area contributed by atoms with Crippen molar-refractivity contribution in [2.75, 3.05) is 9.80 Å². The first-order valence-corrected chi connectivity index (χ1v) is 18.1. The van der Waals surface area contributed by atoms with E-state index < -0.39 is 0 Å². The average Bonchev–Trinajstić information content (AvgIpc) is 3.25. The predicted octanol–water partition coefficient (Wildman–Crippen LogP) is 12.8. The van der Waals surface area contributed by atoms with Gasteiger partial charge in [0.25, 0.3) is 0 Å². The fraction of sp³-hybridized carbons (Fsp3) is 0. The molecular weight excluding hydrogens is 657 g/mol. The van der Waals surface area contributed by atoms with Crippen LogP contribution in [0.2, 0.25) is 0 Å². The standard InChI is InChI=1S/C50H38N4/c1-5-13-43(14-6-1)53(44-15-7-2-8-16-44)47-29-25-39(26-30-47)21-23-41-33-35-51-49(37-41)50-38-42(34-36-52-50)24-22-40-27-31-48(32-28-40)54(45-17-9-3-10-18-45)46-19-11-4-12-20-46/h1-38H/p+1/b23-21+,24-22+. The van der Waals surface area contributed by atoms with Crippen molar-refractivity contribution in [3.8, 4) is 11.4 Å². The summed E-state index contributed by atoms with van der Waals surface area (Å²) in [6.07, 6.45) is 12.4. The van der Waals surface area contributed by atoms with E-state index in [0.717, 1.165) is 67.8 Å². The van der Waals surface area contributed by atoms with Gasteiger partial charge in [-0.05, 0) is 107 Å². The smallest absolute Gasteiger partial charge is 0.230 e. The van der Waals surface area contributed by atoms with Gasteiger partial charge in [0.2, 0.25) is 5.69 Å². The molecule has 6 aromatic carbocycles. The maximum Gasteiger partial charge on any atom is 0.230 e. The molecule has 258 valence electrons. The van der Waals surface area contributed by atoms with Crippen LogP contribution in [0.1, 0.15) is 22.3 Å². The van der Waals surface area contributed by atoms with E-state index in [9.17, 15) is 0 Å². The molecular formula is C50H39N4+. The van der Waals surface area contributed by atoms with Crippen LogP contribution in [-0.2, 0) is 0 Å². The van der Waals surface area contributed by atoms with Crippen molar-refractivity contribution < 1.29 is 4.98 Å². The first-order chi connectivity index (χ1) is 26.8. The normalized spacial score (nSPS) is 11.2. The van der Waals surface area contributed by atoms with Crippen molar-refractivity contribution in [3.63, 3.8) is 0 Å². The number of hydrogen-bond acceptors (Lipinski definition) is 3. The number of aromatic amines is 1. The second-order valence-electron chi connectivity index (χ2n) is 12.9. The Bertz CT molecular complexity index is 2200. The van der Waals surface area contributed by atoms with Gasteiger partial charge in [0, 0.05) is 52.5 Å². The molecule has 2 heterocycles. The van der Waals surface area contributed by atoms with E-state index in [1.807, 2.05) is 42.7 Å². The Balaban J connectivity index is 0.962. The molecule has 54 heavy (non-hydrogen) atoms. The molecule has 0 radical (unpaired) electrons. The summed E-state index contributed by atoms with van der Waals surface area (Å²) in [5.41, 5.74) is 13.0. The number of nitrogens with one attached hydrogen (secondary N) is 1. The maximum absolute atomic E-state index is 4.69. The lowest BCUT2D eigenvalue weighted by atomic mass is 10.1. The number of pyridine rings is 2. The second kappa shape index (κ2) is 16.4. The fourth-order valence-corrected chi connectivity index (χ4v) is 6.49. The van der Waals surface area contributed by atoms with Crippen LogP contribution in [0.3, 0.4) is 0 Å². The number of anilines is 6. The quantitative estimate of drug-likeness (QED) is 0.135. The third kappa shape index (κ3) is 8.09. The zero-order valence-electron chi connectivity index (χ0n) is 29.8. The van der Waals surface area contributed by atoms with Crippen LogP contribution in [0.25, 0.3) is 35.7 Å². The summed E-state index contributed by atoms with van der Waals surface area (Å²) in [4.78, 5) is 12.6. The van der Waals surface area contributed by atoms with E-state index in [2.05, 4.69) is 208 Å². The zero-order chi connectivity index (χ0) is 36.4. The zero-order valence-corrected chi connectivity index (χ0v) is 29.8. The third-order valence-electron chi connectivity index (χ3n) is 9.18. The molecule has 0 aliphatic rings. The first kappa shape index (κ1) is 33.8. The van der Waals surface area contributed by atoms with Gasteiger partial charge in [0.15, 0.2) is 6.20 Å². The van der Waals surface area contributed by atoms with Crippen LogP contribution < -0.4 is 14.8 Å². The highest BCUT2D eigenvalue weighted by Crippen LogP contribution is 2.35. The van der Waals surface area contributed by atoms with Gasteiger partial charge >= 0.3 is 0 Å². The highest BCUT2D eigenvalue weighted by atomic mass is 15.1. The summed E-state index contributed by atoms with van der Waals surface area (Å²) in [6.45, 7) is 0. The summed E-state index contributed by atoms with van der Waals surface area (Å²) in [6, 6.07) is 67.5. The SMILES string of the molecule is C(=C\c1ccnc(-c2cc(/C=C/c3ccc(N(c4ccccc4)c4ccccc4)cc3)cc[nH+]2)c1)/c1ccc(N(c2ccccc2)c2ccccc2)cc1. The highest BCUT2D eigenvalue weighted by molar-refractivity contribution is 5.80. The highest BCUT2D eigenvalue weighted by Gasteiger charge is 2.13. The van der Waals surface area contributed by atoms with Crippen molar-refractivity contribution in [1.82, 2.24) is 4.98 Å². The molecule has 0 aliphatic heterocycles. The van der Waals surface area contributed by atoms with Gasteiger partial charge in [-0.2, -0.15) is 0 Å². The Morgan fingerprint density at radius 3 is 1.15 bits per heavy atom. The molecule has 0 amide bonds. The minimum absolute atomic E-state index is 0.885. The third-order valence-corrected chi connectivity index (χ3v) is 9.18. The Hall–Kier alpha value is -7.30. The molecule has 0 saturated carbocycles. The Morgan fingerprint density at radius 1 is 0.352 bits per heavy atom. The average molecular weight is 696 g/mol. The topological polar surface area (TPSA) is 33.5 Å². The molecule has 0 aliphatic carbocycles. The number of nitrogens with zero attached hydrogens (tertiary/aromatic N) is 3. The summed E-state index contributed by atoms with van der Waals surface area (Å²) in [5.74, 6) is 0. The van der Waals surface area contributed by atoms with Crippen LogP contribution in [0.5, 0.6) is 0 Å². The van der Waals surface area contributed by atoms with Gasteiger partial charge in [0.05, 0.1) is 0 Å². The number of rotatable bonds is 11. The molecule has 0 fully saturated rings. The van der Waals surface area contributed by atoms with Crippen LogP contribution in [0.4, 0.5) is 34.1 Å². The number of para-hydroxylation sites is 4. The Morgan fingerprint density at radius 2 is 0.722 bits per heavy atom. The van der Waals surface area contributed by atoms with Crippen molar-refractivity contribution in [1.29, 1.82) is 0 Å². The maximum atomic E-state index is 4.69. The van der Waals surface area contributed by atoms with Gasteiger partial charge in [0.1, 0.15) is 5.69 Å². The predicted molar refractivity (Wildman–Crippen MR) is 226 cm³/mol. The summed E-state index contributed by atoms with van der Waals surface area (Å²) < 4.78 is 0. The number of H-pyrrole nitrogens is 1. The van der Waals surface area contributed by atoms with Gasteiger partial charge in [-0.1, -0.05) is 121 Å². The van der Waals surface area contributed by atoms with E-state index in [4.69, 9.17) is 0 Å². The molecule has 0 spiro atoms. The van der Waals surface area contributed by atoms with E-state index >= 15 is 0 Å². The first-order valence-electron chi connectivity index (χ1n) is 18.1. The minimum Gasteiger partial charge on any atom is -0.311 e. The van der Waals surface area contributed by atoms with Crippen molar-refractivity contribution in [3.05, 3.63) is 229 Å². The van der Waals surface area contributed by atoms with E-state index in [1.165, 1.54) is 0 Å². The number of benzene rings is 6. The van der Waals surface area contributed by atoms with Crippen LogP contribution in [0.15, 0.2) is 207 Å². The van der Waals surface area contributed by atoms with Crippen molar-refractivity contribution in [2.24, 2.45) is 0 Å². The van der Waals surface area contributed by atoms with Crippen LogP contribution in [-0.4, -0.2) is 4.98 Å². The van der Waals surface area contributed by atoms with Gasteiger partial charge in [-0.25, -0.2) is 9.97 Å². The molecule has 0 bridgehead atoms. The summed E-state index contributed by atoms with van der Waals surface area (Å²) in [7, 11) is 0. The number of hydrogen-bond donors (Lipinski definition) is 0. The lowest BCUT2D eigenvalue weighted by Crippen LogP contribution is -2.09. The summed E-state index contributed by atoms with van der Waals surface area (Å²) in [5, 5.41) is 0. The molecule has 8 rings (SSSR count). The molecule has 2 aromatic heterocycles. The Kier molecular flexibility index (Phi) is 10.2. The molecule has 4 heteroatoms. The molecule has 8 aromatic rings. The van der Waals surface area contributed by atoms with Gasteiger partial charge < -0.3 is 9.80 Å². The van der Waals surface area contributed by atoms with Crippen molar-refractivity contribution >= 4 is 58.4 Å². The molecule has 0 saturated heterocycles. The molecule has 1 N–H and O–H groups in total. The lowest BCUT2D eigenvalue weighted by Gasteiger charge is -2.25. The van der Waals surface area contributed by atoms with Gasteiger partial charge in [-0.3, -0.25) is 0 Å². The lowest BCUT2D eigenvalue weighted by molar-refractivity contribution is -0.364.